The molecule has 1 aliphatic rings. The molecule has 45 heavy (non-hydrogen) atoms. The fraction of sp³-hybridized carbons (Fsp3) is 0.167. The Hall–Kier alpha value is -5.57. The molecule has 0 radical (unpaired) electrons. The molecule has 1 aromatic heterocycles. The second-order valence-corrected chi connectivity index (χ2v) is 10.8. The fourth-order valence-corrected chi connectivity index (χ4v) is 5.41. The van der Waals surface area contributed by atoms with Crippen LogP contribution in [0, 0.1) is 22.9 Å². The summed E-state index contributed by atoms with van der Waals surface area (Å²) < 4.78 is 26.0. The number of nitro benzene ring substituents is 1. The zero-order chi connectivity index (χ0) is 32.1. The summed E-state index contributed by atoms with van der Waals surface area (Å²) in [6.07, 6.45) is 5.88. The number of hydrogen-bond acceptors (Lipinski definition) is 6. The topological polar surface area (TPSA) is 104 Å². The van der Waals surface area contributed by atoms with Crippen molar-refractivity contribution in [2.75, 3.05) is 7.11 Å². The maximum Gasteiger partial charge on any atom is 0.269 e. The lowest BCUT2D eigenvalue weighted by molar-refractivity contribution is -0.384. The highest BCUT2D eigenvalue weighted by Crippen LogP contribution is 2.44. The van der Waals surface area contributed by atoms with Gasteiger partial charge in [-0.2, -0.15) is 0 Å². The molecule has 0 saturated carbocycles. The van der Waals surface area contributed by atoms with Gasteiger partial charge in [-0.3, -0.25) is 19.9 Å². The number of carbonyl (C=O) groups excluding carboxylic acids is 1. The number of benzene rings is 3. The van der Waals surface area contributed by atoms with E-state index in [4.69, 9.17) is 9.47 Å². The number of nitrogens with zero attached hydrogens (tertiary/aromatic N) is 2. The Labute approximate surface area is 260 Å². The summed E-state index contributed by atoms with van der Waals surface area (Å²) >= 11 is 0. The first kappa shape index (κ1) is 30.9. The van der Waals surface area contributed by atoms with Crippen molar-refractivity contribution in [1.29, 1.82) is 0 Å². The second-order valence-electron chi connectivity index (χ2n) is 10.8. The lowest BCUT2D eigenvalue weighted by Gasteiger charge is -2.16. The summed E-state index contributed by atoms with van der Waals surface area (Å²) in [7, 11) is 1.59. The zero-order valence-corrected chi connectivity index (χ0v) is 25.2. The van der Waals surface area contributed by atoms with Crippen LogP contribution in [0.4, 0.5) is 10.1 Å². The SMILES string of the molecule is C=C(Cc1c(C)cc(/C=C2/C(C)=C(CC(=O)NCc3cccnc3)c3cc(F)ccc32)cc1OC)Oc1ccc([N+](=O)[O-])cc1. The van der Waals surface area contributed by atoms with Crippen LogP contribution in [0.15, 0.2) is 97.0 Å². The van der Waals surface area contributed by atoms with Crippen molar-refractivity contribution in [1.82, 2.24) is 10.3 Å². The lowest BCUT2D eigenvalue weighted by atomic mass is 9.96. The first-order valence-electron chi connectivity index (χ1n) is 14.3. The van der Waals surface area contributed by atoms with Crippen LogP contribution in [0.5, 0.6) is 11.5 Å². The minimum atomic E-state index is -0.466. The molecule has 228 valence electrons. The number of nitrogens with one attached hydrogen (secondary N) is 1. The average molecular weight is 606 g/mol. The number of allylic oxidation sites excluding steroid dienone is 3. The van der Waals surface area contributed by atoms with Gasteiger partial charge in [-0.25, -0.2) is 4.39 Å². The van der Waals surface area contributed by atoms with Gasteiger partial charge in [0.1, 0.15) is 23.1 Å². The maximum atomic E-state index is 14.4. The summed E-state index contributed by atoms with van der Waals surface area (Å²) in [6, 6.07) is 18.1. The van der Waals surface area contributed by atoms with Gasteiger partial charge < -0.3 is 14.8 Å². The Morgan fingerprint density at radius 1 is 1.07 bits per heavy atom. The van der Waals surface area contributed by atoms with Gasteiger partial charge in [-0.15, -0.1) is 0 Å². The van der Waals surface area contributed by atoms with Crippen molar-refractivity contribution in [3.8, 4) is 11.5 Å². The van der Waals surface area contributed by atoms with E-state index in [0.717, 1.165) is 44.5 Å². The lowest BCUT2D eigenvalue weighted by Crippen LogP contribution is -2.22. The third-order valence-electron chi connectivity index (χ3n) is 7.67. The molecule has 1 aliphatic carbocycles. The summed E-state index contributed by atoms with van der Waals surface area (Å²) in [5, 5.41) is 13.9. The van der Waals surface area contributed by atoms with Crippen molar-refractivity contribution >= 4 is 28.8 Å². The van der Waals surface area contributed by atoms with Crippen LogP contribution in [-0.4, -0.2) is 22.9 Å². The smallest absolute Gasteiger partial charge is 0.269 e. The van der Waals surface area contributed by atoms with Crippen LogP contribution in [0.2, 0.25) is 0 Å². The fourth-order valence-electron chi connectivity index (χ4n) is 5.41. The van der Waals surface area contributed by atoms with E-state index >= 15 is 0 Å². The number of pyridine rings is 1. The highest BCUT2D eigenvalue weighted by molar-refractivity contribution is 6.08. The largest absolute Gasteiger partial charge is 0.496 e. The van der Waals surface area contributed by atoms with Gasteiger partial charge in [0.15, 0.2) is 0 Å². The van der Waals surface area contributed by atoms with E-state index in [0.29, 0.717) is 35.8 Å². The van der Waals surface area contributed by atoms with Crippen molar-refractivity contribution < 1.29 is 23.6 Å². The zero-order valence-electron chi connectivity index (χ0n) is 25.2. The number of amides is 1. The Morgan fingerprint density at radius 3 is 2.53 bits per heavy atom. The molecule has 1 N–H and O–H groups in total. The number of halogens is 1. The monoisotopic (exact) mass is 605 g/mol. The number of aromatic nitrogens is 1. The minimum absolute atomic E-state index is 0.0218. The third-order valence-corrected chi connectivity index (χ3v) is 7.67. The van der Waals surface area contributed by atoms with Gasteiger partial charge in [0.25, 0.3) is 5.69 Å². The van der Waals surface area contributed by atoms with E-state index in [-0.39, 0.29) is 23.8 Å². The molecule has 3 aromatic carbocycles. The molecule has 5 rings (SSSR count). The van der Waals surface area contributed by atoms with Gasteiger partial charge in [0.05, 0.1) is 18.5 Å². The van der Waals surface area contributed by atoms with Crippen LogP contribution >= 0.6 is 0 Å². The molecular formula is C36H32FN3O5. The number of methoxy groups -OCH3 is 1. The van der Waals surface area contributed by atoms with E-state index in [1.165, 1.54) is 36.4 Å². The number of aryl methyl sites for hydroxylation is 1. The summed E-state index contributed by atoms with van der Waals surface area (Å²) in [5.41, 5.74) is 7.72. The minimum Gasteiger partial charge on any atom is -0.496 e. The Balaban J connectivity index is 1.38. The highest BCUT2D eigenvalue weighted by atomic mass is 19.1. The average Bonchev–Trinajstić information content (AvgIpc) is 3.27. The van der Waals surface area contributed by atoms with Crippen molar-refractivity contribution in [3.05, 3.63) is 146 Å². The van der Waals surface area contributed by atoms with Crippen LogP contribution in [0.25, 0.3) is 17.2 Å². The van der Waals surface area contributed by atoms with Gasteiger partial charge in [0.2, 0.25) is 5.91 Å². The van der Waals surface area contributed by atoms with E-state index in [9.17, 15) is 19.3 Å². The number of fused-ring (bicyclic) bond motifs is 1. The molecule has 0 saturated heterocycles. The molecule has 0 unspecified atom stereocenters. The predicted octanol–water partition coefficient (Wildman–Crippen LogP) is 7.62. The van der Waals surface area contributed by atoms with E-state index in [2.05, 4.69) is 16.9 Å². The number of ether oxygens (including phenoxy) is 2. The number of non-ortho nitro benzene ring substituents is 1. The van der Waals surface area contributed by atoms with Crippen LogP contribution < -0.4 is 14.8 Å². The molecule has 0 bridgehead atoms. The van der Waals surface area contributed by atoms with Gasteiger partial charge >= 0.3 is 0 Å². The number of hydrogen-bond donors (Lipinski definition) is 1. The van der Waals surface area contributed by atoms with Crippen LogP contribution in [0.3, 0.4) is 0 Å². The number of nitro groups is 1. The number of carbonyl (C=O) groups is 1. The Kier molecular flexibility index (Phi) is 9.18. The first-order valence-corrected chi connectivity index (χ1v) is 14.3. The molecule has 4 aromatic rings. The molecule has 1 heterocycles. The molecular weight excluding hydrogens is 573 g/mol. The maximum absolute atomic E-state index is 14.4. The van der Waals surface area contributed by atoms with Gasteiger partial charge in [-0.1, -0.05) is 24.8 Å². The molecule has 9 heteroatoms. The van der Waals surface area contributed by atoms with Crippen molar-refractivity contribution in [2.24, 2.45) is 0 Å². The predicted molar refractivity (Wildman–Crippen MR) is 172 cm³/mol. The number of rotatable bonds is 11. The second kappa shape index (κ2) is 13.4. The van der Waals surface area contributed by atoms with E-state index in [1.807, 2.05) is 44.2 Å². The van der Waals surface area contributed by atoms with Crippen molar-refractivity contribution in [3.63, 3.8) is 0 Å². The van der Waals surface area contributed by atoms with E-state index in [1.54, 1.807) is 25.6 Å². The standard InChI is InChI=1S/C36H32FN3O5/c1-22-14-26(17-35(44-4)31(22)15-23(2)45-29-10-8-28(9-11-29)40(42)43)16-32-24(3)33(34-18-27(37)7-12-30(32)34)19-36(41)39-21-25-6-5-13-38-20-25/h5-14,16-18,20H,2,15,19,21H2,1,3-4H3,(H,39,41)/b32-16-. The molecule has 1 amide bonds. The van der Waals surface area contributed by atoms with Gasteiger partial charge in [0, 0.05) is 43.1 Å². The normalized spacial score (nSPS) is 13.0. The summed E-state index contributed by atoms with van der Waals surface area (Å²) in [6.45, 7) is 8.31. The molecule has 0 atom stereocenters. The molecule has 0 spiro atoms. The van der Waals surface area contributed by atoms with E-state index < -0.39 is 4.92 Å². The highest BCUT2D eigenvalue weighted by Gasteiger charge is 2.26. The molecule has 0 aliphatic heterocycles. The Bertz CT molecular complexity index is 1850. The van der Waals surface area contributed by atoms with Crippen LogP contribution in [-0.2, 0) is 17.8 Å². The van der Waals surface area contributed by atoms with Crippen LogP contribution in [0.1, 0.15) is 46.7 Å². The summed E-state index contributed by atoms with van der Waals surface area (Å²) in [4.78, 5) is 27.5. The Morgan fingerprint density at radius 2 is 1.84 bits per heavy atom. The molecule has 0 fully saturated rings. The third kappa shape index (κ3) is 7.15. The summed E-state index contributed by atoms with van der Waals surface area (Å²) in [5.74, 6) is 1.01. The first-order chi connectivity index (χ1) is 21.6. The molecule has 8 nitrogen and oxygen atoms in total. The quantitative estimate of drug-likeness (QED) is 0.107. The van der Waals surface area contributed by atoms with Crippen molar-refractivity contribution in [2.45, 2.75) is 33.2 Å². The van der Waals surface area contributed by atoms with Gasteiger partial charge in [-0.05, 0) is 101 Å².